The van der Waals surface area contributed by atoms with E-state index in [1.165, 1.54) is 21.3 Å². The van der Waals surface area contributed by atoms with Crippen LogP contribution in [0.4, 0.5) is 0 Å². The highest BCUT2D eigenvalue weighted by Crippen LogP contribution is 2.39. The van der Waals surface area contributed by atoms with Crippen molar-refractivity contribution in [2.75, 3.05) is 27.9 Å². The fraction of sp³-hybridized carbons (Fsp3) is 0.318. The quantitative estimate of drug-likeness (QED) is 0.670. The number of imide groups is 1. The Balaban J connectivity index is 1.65. The molecule has 8 heteroatoms. The SMILES string of the molecule is COc1cc(C(C)NC(=O)CCN2C(=O)c3ccccc3C2=O)cc(OC)c1OC. The topological polar surface area (TPSA) is 94.2 Å². The van der Waals surface area contributed by atoms with Crippen molar-refractivity contribution in [3.8, 4) is 17.2 Å². The number of amides is 3. The van der Waals surface area contributed by atoms with E-state index in [-0.39, 0.29) is 36.7 Å². The molecule has 0 aliphatic carbocycles. The Kier molecular flexibility index (Phi) is 6.25. The molecule has 2 aromatic carbocycles. The highest BCUT2D eigenvalue weighted by atomic mass is 16.5. The lowest BCUT2D eigenvalue weighted by atomic mass is 10.1. The molecular weight excluding hydrogens is 388 g/mol. The minimum absolute atomic E-state index is 0.000231. The number of benzene rings is 2. The van der Waals surface area contributed by atoms with E-state index in [2.05, 4.69) is 5.32 Å². The maximum Gasteiger partial charge on any atom is 0.261 e. The number of rotatable bonds is 8. The average Bonchev–Trinajstić information content (AvgIpc) is 3.01. The van der Waals surface area contributed by atoms with Crippen molar-refractivity contribution in [3.63, 3.8) is 0 Å². The summed E-state index contributed by atoms with van der Waals surface area (Å²) in [6.07, 6.45) is 0.000231. The van der Waals surface area contributed by atoms with Crippen LogP contribution in [0, 0.1) is 0 Å². The summed E-state index contributed by atoms with van der Waals surface area (Å²) in [5.74, 6) is 0.404. The van der Waals surface area contributed by atoms with Crippen LogP contribution in [0.15, 0.2) is 36.4 Å². The summed E-state index contributed by atoms with van der Waals surface area (Å²) >= 11 is 0. The zero-order valence-electron chi connectivity index (χ0n) is 17.4. The van der Waals surface area contributed by atoms with Crippen molar-refractivity contribution in [1.29, 1.82) is 0 Å². The van der Waals surface area contributed by atoms with E-state index in [0.717, 1.165) is 10.5 Å². The second-order valence-electron chi connectivity index (χ2n) is 6.81. The Morgan fingerprint density at radius 3 is 1.97 bits per heavy atom. The van der Waals surface area contributed by atoms with Gasteiger partial charge in [0.05, 0.1) is 38.5 Å². The van der Waals surface area contributed by atoms with Crippen molar-refractivity contribution >= 4 is 17.7 Å². The Bertz CT molecular complexity index is 927. The third kappa shape index (κ3) is 3.94. The summed E-state index contributed by atoms with van der Waals surface area (Å²) in [5.41, 5.74) is 1.50. The number of hydrogen-bond donors (Lipinski definition) is 1. The minimum Gasteiger partial charge on any atom is -0.493 e. The largest absolute Gasteiger partial charge is 0.493 e. The first kappa shape index (κ1) is 21.2. The number of fused-ring (bicyclic) bond motifs is 1. The van der Waals surface area contributed by atoms with Crippen molar-refractivity contribution in [2.24, 2.45) is 0 Å². The van der Waals surface area contributed by atoms with Crippen LogP contribution in [0.25, 0.3) is 0 Å². The van der Waals surface area contributed by atoms with Gasteiger partial charge >= 0.3 is 0 Å². The molecule has 0 saturated heterocycles. The van der Waals surface area contributed by atoms with E-state index in [1.54, 1.807) is 36.4 Å². The molecule has 2 aromatic rings. The molecule has 0 radical (unpaired) electrons. The van der Waals surface area contributed by atoms with Crippen LogP contribution in [0.5, 0.6) is 17.2 Å². The Morgan fingerprint density at radius 2 is 1.50 bits per heavy atom. The van der Waals surface area contributed by atoms with Gasteiger partial charge < -0.3 is 19.5 Å². The molecule has 8 nitrogen and oxygen atoms in total. The van der Waals surface area contributed by atoms with E-state index in [0.29, 0.717) is 28.4 Å². The number of hydrogen-bond acceptors (Lipinski definition) is 6. The normalized spacial score (nSPS) is 13.7. The summed E-state index contributed by atoms with van der Waals surface area (Å²) in [4.78, 5) is 38.4. The highest BCUT2D eigenvalue weighted by Gasteiger charge is 2.35. The third-order valence-corrected chi connectivity index (χ3v) is 5.01. The molecular formula is C22H24N2O6. The van der Waals surface area contributed by atoms with Crippen LogP contribution in [0.2, 0.25) is 0 Å². The van der Waals surface area contributed by atoms with Crippen molar-refractivity contribution in [3.05, 3.63) is 53.1 Å². The molecule has 1 N–H and O–H groups in total. The van der Waals surface area contributed by atoms with E-state index in [1.807, 2.05) is 6.92 Å². The maximum atomic E-state index is 12.5. The molecule has 1 aliphatic heterocycles. The fourth-order valence-corrected chi connectivity index (χ4v) is 3.40. The molecule has 0 aromatic heterocycles. The number of ether oxygens (including phenoxy) is 3. The molecule has 0 spiro atoms. The van der Waals surface area contributed by atoms with Gasteiger partial charge in [0.2, 0.25) is 11.7 Å². The summed E-state index contributed by atoms with van der Waals surface area (Å²) in [5, 5.41) is 2.87. The fourth-order valence-electron chi connectivity index (χ4n) is 3.40. The Labute approximate surface area is 174 Å². The lowest BCUT2D eigenvalue weighted by molar-refractivity contribution is -0.121. The van der Waals surface area contributed by atoms with Crippen LogP contribution in [-0.2, 0) is 4.79 Å². The van der Waals surface area contributed by atoms with Crippen LogP contribution in [0.3, 0.4) is 0 Å². The van der Waals surface area contributed by atoms with Gasteiger partial charge in [-0.1, -0.05) is 12.1 Å². The van der Waals surface area contributed by atoms with Crippen molar-refractivity contribution < 1.29 is 28.6 Å². The minimum atomic E-state index is -0.374. The monoisotopic (exact) mass is 412 g/mol. The molecule has 3 rings (SSSR count). The van der Waals surface area contributed by atoms with E-state index >= 15 is 0 Å². The third-order valence-electron chi connectivity index (χ3n) is 5.01. The first-order chi connectivity index (χ1) is 14.4. The van der Waals surface area contributed by atoms with Gasteiger partial charge in [-0.3, -0.25) is 19.3 Å². The molecule has 3 amide bonds. The first-order valence-electron chi connectivity index (χ1n) is 9.45. The number of carbonyl (C=O) groups is 3. The van der Waals surface area contributed by atoms with Gasteiger partial charge in [0.15, 0.2) is 11.5 Å². The first-order valence-corrected chi connectivity index (χ1v) is 9.45. The molecule has 1 unspecified atom stereocenters. The lowest BCUT2D eigenvalue weighted by Crippen LogP contribution is -2.35. The van der Waals surface area contributed by atoms with Gasteiger partial charge in [-0.15, -0.1) is 0 Å². The zero-order chi connectivity index (χ0) is 21.8. The maximum absolute atomic E-state index is 12.5. The standard InChI is InChI=1S/C22H24N2O6/c1-13(14-11-17(28-2)20(30-4)18(12-14)29-3)23-19(25)9-10-24-21(26)15-7-5-6-8-16(15)22(24)27/h5-8,11-13H,9-10H2,1-4H3,(H,23,25). The number of methoxy groups -OCH3 is 3. The molecule has 30 heavy (non-hydrogen) atoms. The highest BCUT2D eigenvalue weighted by molar-refractivity contribution is 6.21. The van der Waals surface area contributed by atoms with Crippen LogP contribution >= 0.6 is 0 Å². The van der Waals surface area contributed by atoms with Crippen LogP contribution < -0.4 is 19.5 Å². The predicted molar refractivity (Wildman–Crippen MR) is 109 cm³/mol. The summed E-state index contributed by atoms with van der Waals surface area (Å²) in [7, 11) is 4.56. The van der Waals surface area contributed by atoms with Crippen LogP contribution in [0.1, 0.15) is 45.7 Å². The van der Waals surface area contributed by atoms with Gasteiger partial charge in [-0.05, 0) is 36.8 Å². The van der Waals surface area contributed by atoms with Crippen molar-refractivity contribution in [1.82, 2.24) is 10.2 Å². The summed E-state index contributed by atoms with van der Waals surface area (Å²) in [6, 6.07) is 9.81. The Hall–Kier alpha value is -3.55. The summed E-state index contributed by atoms with van der Waals surface area (Å²) < 4.78 is 16.0. The van der Waals surface area contributed by atoms with Gasteiger partial charge in [0.1, 0.15) is 0 Å². The molecule has 158 valence electrons. The van der Waals surface area contributed by atoms with Gasteiger partial charge in [0, 0.05) is 13.0 Å². The molecule has 1 atom stereocenters. The van der Waals surface area contributed by atoms with Gasteiger partial charge in [-0.25, -0.2) is 0 Å². The Morgan fingerprint density at radius 1 is 0.967 bits per heavy atom. The summed E-state index contributed by atoms with van der Waals surface area (Å²) in [6.45, 7) is 1.83. The molecule has 0 fully saturated rings. The average molecular weight is 412 g/mol. The van der Waals surface area contributed by atoms with Gasteiger partial charge in [-0.2, -0.15) is 0 Å². The lowest BCUT2D eigenvalue weighted by Gasteiger charge is -2.19. The van der Waals surface area contributed by atoms with Crippen molar-refractivity contribution in [2.45, 2.75) is 19.4 Å². The van der Waals surface area contributed by atoms with E-state index in [4.69, 9.17) is 14.2 Å². The molecule has 1 aliphatic rings. The molecule has 0 saturated carbocycles. The van der Waals surface area contributed by atoms with E-state index < -0.39 is 0 Å². The number of carbonyl (C=O) groups excluding carboxylic acids is 3. The predicted octanol–water partition coefficient (Wildman–Crippen LogP) is 2.58. The van der Waals surface area contributed by atoms with Crippen LogP contribution in [-0.4, -0.2) is 50.5 Å². The van der Waals surface area contributed by atoms with E-state index in [9.17, 15) is 14.4 Å². The number of nitrogens with zero attached hydrogens (tertiary/aromatic N) is 1. The molecule has 0 bridgehead atoms. The molecule has 1 heterocycles. The zero-order valence-corrected chi connectivity index (χ0v) is 17.4. The second-order valence-corrected chi connectivity index (χ2v) is 6.81. The van der Waals surface area contributed by atoms with Gasteiger partial charge in [0.25, 0.3) is 11.8 Å². The second kappa shape index (κ2) is 8.86. The number of nitrogens with one attached hydrogen (secondary N) is 1. The smallest absolute Gasteiger partial charge is 0.261 e.